The molecule has 3 aromatic carbocycles. The summed E-state index contributed by atoms with van der Waals surface area (Å²) in [5.74, 6) is -1.84. The van der Waals surface area contributed by atoms with E-state index in [0.717, 1.165) is 22.3 Å². The number of rotatable bonds is 7. The minimum absolute atomic E-state index is 0.0587. The van der Waals surface area contributed by atoms with Crippen LogP contribution in [0.2, 0.25) is 0 Å². The SMILES string of the molecule is CC(C)[C@@H](NC(=O)OCC1c2ccccc2-c2ccccc21)C(=O)Nc1cccc(C(=O)O)c1. The normalized spacial score (nSPS) is 13.0. The summed E-state index contributed by atoms with van der Waals surface area (Å²) in [4.78, 5) is 36.7. The fraction of sp³-hybridized carbons (Fsp3) is 0.222. The molecule has 1 aliphatic rings. The number of carbonyl (C=O) groups is 3. The Morgan fingerprint density at radius 3 is 2.12 bits per heavy atom. The van der Waals surface area contributed by atoms with Gasteiger partial charge >= 0.3 is 12.1 Å². The number of fused-ring (bicyclic) bond motifs is 3. The van der Waals surface area contributed by atoms with Gasteiger partial charge in [0.05, 0.1) is 5.56 Å². The number of carbonyl (C=O) groups excluding carboxylic acids is 2. The first-order valence-electron chi connectivity index (χ1n) is 11.1. The van der Waals surface area contributed by atoms with E-state index in [9.17, 15) is 14.4 Å². The van der Waals surface area contributed by atoms with E-state index in [1.807, 2.05) is 50.2 Å². The monoisotopic (exact) mass is 458 g/mol. The van der Waals surface area contributed by atoms with Gasteiger partial charge in [-0.3, -0.25) is 4.79 Å². The van der Waals surface area contributed by atoms with Crippen LogP contribution in [-0.2, 0) is 9.53 Å². The summed E-state index contributed by atoms with van der Waals surface area (Å²) in [5, 5.41) is 14.5. The second kappa shape index (κ2) is 9.79. The van der Waals surface area contributed by atoms with Crippen LogP contribution in [0.15, 0.2) is 72.8 Å². The second-order valence-corrected chi connectivity index (χ2v) is 8.57. The van der Waals surface area contributed by atoms with Gasteiger partial charge in [-0.25, -0.2) is 9.59 Å². The van der Waals surface area contributed by atoms with Crippen molar-refractivity contribution in [1.82, 2.24) is 5.32 Å². The highest BCUT2D eigenvalue weighted by Gasteiger charge is 2.30. The number of ether oxygens (including phenoxy) is 1. The zero-order chi connectivity index (χ0) is 24.2. The lowest BCUT2D eigenvalue weighted by Gasteiger charge is -2.22. The van der Waals surface area contributed by atoms with Gasteiger partial charge in [-0.15, -0.1) is 0 Å². The third kappa shape index (κ3) is 4.78. The molecule has 7 nitrogen and oxygen atoms in total. The molecule has 3 N–H and O–H groups in total. The number of nitrogens with one attached hydrogen (secondary N) is 2. The van der Waals surface area contributed by atoms with Gasteiger partial charge in [0.2, 0.25) is 5.91 Å². The molecule has 0 aliphatic heterocycles. The maximum Gasteiger partial charge on any atom is 0.407 e. The molecule has 0 fully saturated rings. The van der Waals surface area contributed by atoms with Gasteiger partial charge in [-0.05, 0) is 46.4 Å². The van der Waals surface area contributed by atoms with Crippen LogP contribution in [0.3, 0.4) is 0 Å². The van der Waals surface area contributed by atoms with E-state index in [-0.39, 0.29) is 24.0 Å². The van der Waals surface area contributed by atoms with Crippen LogP contribution in [-0.4, -0.2) is 35.7 Å². The Hall–Kier alpha value is -4.13. The predicted molar refractivity (Wildman–Crippen MR) is 129 cm³/mol. The first kappa shape index (κ1) is 23.0. The van der Waals surface area contributed by atoms with Crippen molar-refractivity contribution in [2.75, 3.05) is 11.9 Å². The molecular formula is C27H26N2O5. The highest BCUT2D eigenvalue weighted by atomic mass is 16.5. The van der Waals surface area contributed by atoms with Gasteiger partial charge in [-0.1, -0.05) is 68.4 Å². The van der Waals surface area contributed by atoms with Crippen LogP contribution in [0.5, 0.6) is 0 Å². The lowest BCUT2D eigenvalue weighted by Crippen LogP contribution is -2.47. The average Bonchev–Trinajstić information content (AvgIpc) is 3.15. The van der Waals surface area contributed by atoms with Crippen LogP contribution in [0.1, 0.15) is 41.3 Å². The average molecular weight is 459 g/mol. The smallest absolute Gasteiger partial charge is 0.407 e. The van der Waals surface area contributed by atoms with Crippen LogP contribution in [0.4, 0.5) is 10.5 Å². The summed E-state index contributed by atoms with van der Waals surface area (Å²) < 4.78 is 5.56. The molecule has 0 saturated carbocycles. The maximum atomic E-state index is 12.8. The minimum Gasteiger partial charge on any atom is -0.478 e. The summed E-state index contributed by atoms with van der Waals surface area (Å²) in [7, 11) is 0. The highest BCUT2D eigenvalue weighted by Crippen LogP contribution is 2.44. The van der Waals surface area contributed by atoms with E-state index in [2.05, 4.69) is 22.8 Å². The molecule has 0 bridgehead atoms. The quantitative estimate of drug-likeness (QED) is 0.468. The third-order valence-corrected chi connectivity index (χ3v) is 5.94. The molecule has 7 heteroatoms. The first-order valence-corrected chi connectivity index (χ1v) is 11.1. The number of anilines is 1. The lowest BCUT2D eigenvalue weighted by molar-refractivity contribution is -0.119. The number of benzene rings is 3. The third-order valence-electron chi connectivity index (χ3n) is 5.94. The van der Waals surface area contributed by atoms with Gasteiger partial charge in [0, 0.05) is 11.6 Å². The fourth-order valence-electron chi connectivity index (χ4n) is 4.25. The standard InChI is InChI=1S/C27H26N2O5/c1-16(2)24(25(30)28-18-9-7-8-17(14-18)26(31)32)29-27(33)34-15-23-21-12-5-3-10-19(21)20-11-4-6-13-22(20)23/h3-14,16,23-24H,15H2,1-2H3,(H,28,30)(H,29,33)(H,31,32)/t24-/m1/s1. The zero-order valence-corrected chi connectivity index (χ0v) is 18.9. The number of hydrogen-bond donors (Lipinski definition) is 3. The van der Waals surface area contributed by atoms with E-state index in [0.29, 0.717) is 5.69 Å². The van der Waals surface area contributed by atoms with Gasteiger partial charge in [0.15, 0.2) is 0 Å². The zero-order valence-electron chi connectivity index (χ0n) is 18.9. The van der Waals surface area contributed by atoms with E-state index >= 15 is 0 Å². The Morgan fingerprint density at radius 1 is 0.912 bits per heavy atom. The van der Waals surface area contributed by atoms with Gasteiger partial charge in [-0.2, -0.15) is 0 Å². The molecular weight excluding hydrogens is 432 g/mol. The molecule has 2 amide bonds. The van der Waals surface area contributed by atoms with Gasteiger partial charge in [0.25, 0.3) is 0 Å². The number of carboxylic acids is 1. The maximum absolute atomic E-state index is 12.8. The Morgan fingerprint density at radius 2 is 1.53 bits per heavy atom. The number of aromatic carboxylic acids is 1. The van der Waals surface area contributed by atoms with Crippen molar-refractivity contribution < 1.29 is 24.2 Å². The molecule has 4 rings (SSSR count). The Kier molecular flexibility index (Phi) is 6.63. The topological polar surface area (TPSA) is 105 Å². The minimum atomic E-state index is -1.09. The Bertz CT molecular complexity index is 1190. The summed E-state index contributed by atoms with van der Waals surface area (Å²) in [5.41, 5.74) is 4.87. The predicted octanol–water partition coefficient (Wildman–Crippen LogP) is 4.89. The first-order chi connectivity index (χ1) is 16.3. The summed E-state index contributed by atoms with van der Waals surface area (Å²) in [6.45, 7) is 3.76. The number of carboxylic acid groups (broad SMARTS) is 1. The molecule has 0 spiro atoms. The molecule has 1 atom stereocenters. The molecule has 0 radical (unpaired) electrons. The molecule has 0 aromatic heterocycles. The molecule has 0 unspecified atom stereocenters. The van der Waals surface area contributed by atoms with Crippen molar-refractivity contribution in [2.24, 2.45) is 5.92 Å². The molecule has 34 heavy (non-hydrogen) atoms. The second-order valence-electron chi connectivity index (χ2n) is 8.57. The summed E-state index contributed by atoms with van der Waals surface area (Å²) in [6.07, 6.45) is -0.685. The van der Waals surface area contributed by atoms with Crippen molar-refractivity contribution in [1.29, 1.82) is 0 Å². The van der Waals surface area contributed by atoms with E-state index in [4.69, 9.17) is 9.84 Å². The Labute approximate surface area is 197 Å². The van der Waals surface area contributed by atoms with Crippen molar-refractivity contribution in [2.45, 2.75) is 25.8 Å². The van der Waals surface area contributed by atoms with Crippen LogP contribution >= 0.6 is 0 Å². The van der Waals surface area contributed by atoms with Crippen LogP contribution in [0, 0.1) is 5.92 Å². The van der Waals surface area contributed by atoms with E-state index in [1.54, 1.807) is 12.1 Å². The van der Waals surface area contributed by atoms with Crippen LogP contribution in [0.25, 0.3) is 11.1 Å². The molecule has 0 heterocycles. The van der Waals surface area contributed by atoms with Crippen molar-refractivity contribution in [3.63, 3.8) is 0 Å². The van der Waals surface area contributed by atoms with E-state index < -0.39 is 24.0 Å². The molecule has 3 aromatic rings. The number of amides is 2. The van der Waals surface area contributed by atoms with E-state index in [1.165, 1.54) is 12.1 Å². The molecule has 0 saturated heterocycles. The van der Waals surface area contributed by atoms with Crippen LogP contribution < -0.4 is 10.6 Å². The lowest BCUT2D eigenvalue weighted by atomic mass is 9.98. The summed E-state index contributed by atoms with van der Waals surface area (Å²) >= 11 is 0. The molecule has 1 aliphatic carbocycles. The van der Waals surface area contributed by atoms with Gasteiger partial charge in [0.1, 0.15) is 12.6 Å². The highest BCUT2D eigenvalue weighted by molar-refractivity contribution is 5.98. The largest absolute Gasteiger partial charge is 0.478 e. The number of alkyl carbamates (subject to hydrolysis) is 1. The number of hydrogen-bond acceptors (Lipinski definition) is 4. The summed E-state index contributed by atoms with van der Waals surface area (Å²) in [6, 6.07) is 21.2. The fourth-order valence-corrected chi connectivity index (χ4v) is 4.25. The van der Waals surface area contributed by atoms with Crippen molar-refractivity contribution >= 4 is 23.7 Å². The van der Waals surface area contributed by atoms with Crippen molar-refractivity contribution in [3.8, 4) is 11.1 Å². The van der Waals surface area contributed by atoms with Crippen molar-refractivity contribution in [3.05, 3.63) is 89.5 Å². The Balaban J connectivity index is 1.42. The van der Waals surface area contributed by atoms with Gasteiger partial charge < -0.3 is 20.5 Å². The molecule has 174 valence electrons.